The Balaban J connectivity index is 3.10. The van der Waals surface area contributed by atoms with Crippen molar-refractivity contribution in [2.75, 3.05) is 14.2 Å². The number of carbonyl (C=O) groups excluding carboxylic acids is 1. The van der Waals surface area contributed by atoms with Crippen LogP contribution >= 0.6 is 0 Å². The quantitative estimate of drug-likeness (QED) is 0.345. The monoisotopic (exact) mass is 237 g/mol. The lowest BCUT2D eigenvalue weighted by atomic mass is 10.1. The van der Waals surface area contributed by atoms with Gasteiger partial charge < -0.3 is 9.47 Å². The van der Waals surface area contributed by atoms with Crippen molar-refractivity contribution in [2.24, 2.45) is 0 Å². The number of esters is 1. The van der Waals surface area contributed by atoms with E-state index in [1.54, 1.807) is 0 Å². The second kappa shape index (κ2) is 5.64. The molecule has 90 valence electrons. The van der Waals surface area contributed by atoms with Crippen molar-refractivity contribution in [3.8, 4) is 5.75 Å². The van der Waals surface area contributed by atoms with Crippen molar-refractivity contribution in [1.82, 2.24) is 0 Å². The van der Waals surface area contributed by atoms with Gasteiger partial charge in [0.15, 0.2) is 0 Å². The molecule has 6 nitrogen and oxygen atoms in total. The molecular formula is C11H11NO5. The average Bonchev–Trinajstić information content (AvgIpc) is 2.35. The normalized spacial score (nSPS) is 10.2. The number of nitro groups is 1. The van der Waals surface area contributed by atoms with Crippen molar-refractivity contribution < 1.29 is 19.2 Å². The Bertz CT molecular complexity index is 467. The highest BCUT2D eigenvalue weighted by Crippen LogP contribution is 2.25. The third-order valence-electron chi connectivity index (χ3n) is 2.02. The molecule has 1 rings (SSSR count). The van der Waals surface area contributed by atoms with Crippen molar-refractivity contribution in [2.45, 2.75) is 0 Å². The summed E-state index contributed by atoms with van der Waals surface area (Å²) in [5.41, 5.74) is 0.363. The molecule has 0 N–H and O–H groups in total. The van der Waals surface area contributed by atoms with Crippen molar-refractivity contribution in [3.05, 3.63) is 40.0 Å². The fourth-order valence-electron chi connectivity index (χ4n) is 1.19. The Kier molecular flexibility index (Phi) is 4.21. The van der Waals surface area contributed by atoms with Gasteiger partial charge in [-0.2, -0.15) is 0 Å². The maximum atomic E-state index is 10.9. The summed E-state index contributed by atoms with van der Waals surface area (Å²) >= 11 is 0. The van der Waals surface area contributed by atoms with Crippen LogP contribution in [-0.2, 0) is 9.53 Å². The van der Waals surface area contributed by atoms with Gasteiger partial charge in [0.25, 0.3) is 5.69 Å². The largest absolute Gasteiger partial charge is 0.496 e. The molecule has 0 saturated carbocycles. The first-order valence-corrected chi connectivity index (χ1v) is 4.67. The summed E-state index contributed by atoms with van der Waals surface area (Å²) in [6.45, 7) is 0. The van der Waals surface area contributed by atoms with Gasteiger partial charge in [-0.1, -0.05) is 0 Å². The Morgan fingerprint density at radius 3 is 2.65 bits per heavy atom. The maximum absolute atomic E-state index is 10.9. The lowest BCUT2D eigenvalue weighted by molar-refractivity contribution is -0.384. The molecule has 6 heteroatoms. The molecule has 0 heterocycles. The molecule has 0 amide bonds. The fourth-order valence-corrected chi connectivity index (χ4v) is 1.19. The summed E-state index contributed by atoms with van der Waals surface area (Å²) < 4.78 is 9.44. The lowest BCUT2D eigenvalue weighted by Crippen LogP contribution is -1.95. The smallest absolute Gasteiger partial charge is 0.330 e. The van der Waals surface area contributed by atoms with Gasteiger partial charge in [-0.3, -0.25) is 10.1 Å². The summed E-state index contributed by atoms with van der Waals surface area (Å²) in [6, 6.07) is 4.11. The minimum atomic E-state index is -0.543. The Morgan fingerprint density at radius 2 is 2.12 bits per heavy atom. The molecule has 0 aliphatic heterocycles. The zero-order chi connectivity index (χ0) is 12.8. The minimum absolute atomic E-state index is 0.0738. The predicted molar refractivity (Wildman–Crippen MR) is 60.7 cm³/mol. The molecule has 0 saturated heterocycles. The zero-order valence-electron chi connectivity index (χ0n) is 9.38. The van der Waals surface area contributed by atoms with E-state index in [4.69, 9.17) is 4.74 Å². The highest BCUT2D eigenvalue weighted by molar-refractivity contribution is 5.87. The van der Waals surface area contributed by atoms with E-state index in [9.17, 15) is 14.9 Å². The second-order valence-corrected chi connectivity index (χ2v) is 3.04. The number of benzene rings is 1. The molecule has 0 aromatic heterocycles. The zero-order valence-corrected chi connectivity index (χ0v) is 9.38. The lowest BCUT2D eigenvalue weighted by Gasteiger charge is -2.03. The number of rotatable bonds is 4. The topological polar surface area (TPSA) is 78.7 Å². The number of methoxy groups -OCH3 is 2. The summed E-state index contributed by atoms with van der Waals surface area (Å²) in [4.78, 5) is 21.0. The van der Waals surface area contributed by atoms with Crippen LogP contribution in [0.15, 0.2) is 24.3 Å². The van der Waals surface area contributed by atoms with E-state index in [2.05, 4.69) is 4.74 Å². The van der Waals surface area contributed by atoms with Crippen LogP contribution in [-0.4, -0.2) is 25.1 Å². The summed E-state index contributed by atoms with van der Waals surface area (Å²) in [5, 5.41) is 10.6. The second-order valence-electron chi connectivity index (χ2n) is 3.04. The van der Waals surface area contributed by atoms with Crippen LogP contribution in [0.25, 0.3) is 6.08 Å². The summed E-state index contributed by atoms with van der Waals surface area (Å²) in [7, 11) is 2.69. The van der Waals surface area contributed by atoms with Crippen LogP contribution in [0.5, 0.6) is 5.75 Å². The number of hydrogen-bond donors (Lipinski definition) is 0. The third-order valence-corrected chi connectivity index (χ3v) is 2.02. The Morgan fingerprint density at radius 1 is 1.41 bits per heavy atom. The molecule has 0 radical (unpaired) electrons. The van der Waals surface area contributed by atoms with Gasteiger partial charge in [0.05, 0.1) is 19.1 Å². The number of hydrogen-bond acceptors (Lipinski definition) is 5. The maximum Gasteiger partial charge on any atom is 0.330 e. The van der Waals surface area contributed by atoms with Gasteiger partial charge in [0.2, 0.25) is 0 Å². The molecule has 0 unspecified atom stereocenters. The van der Waals surface area contributed by atoms with Gasteiger partial charge in [-0.15, -0.1) is 0 Å². The van der Waals surface area contributed by atoms with Gasteiger partial charge >= 0.3 is 5.97 Å². The average molecular weight is 237 g/mol. The number of carbonyl (C=O) groups is 1. The number of nitrogens with zero attached hydrogens (tertiary/aromatic N) is 1. The number of nitro benzene ring substituents is 1. The molecule has 0 aliphatic carbocycles. The van der Waals surface area contributed by atoms with Crippen LogP contribution in [0, 0.1) is 10.1 Å². The first-order valence-electron chi connectivity index (χ1n) is 4.67. The van der Waals surface area contributed by atoms with E-state index in [1.807, 2.05) is 0 Å². The van der Waals surface area contributed by atoms with Crippen LogP contribution in [0.4, 0.5) is 5.69 Å². The van der Waals surface area contributed by atoms with Gasteiger partial charge in [0.1, 0.15) is 5.75 Å². The first kappa shape index (κ1) is 12.7. The molecule has 0 fully saturated rings. The van der Waals surface area contributed by atoms with Gasteiger partial charge in [0, 0.05) is 23.8 Å². The van der Waals surface area contributed by atoms with E-state index in [0.717, 1.165) is 0 Å². The van der Waals surface area contributed by atoms with Gasteiger partial charge in [-0.25, -0.2) is 4.79 Å². The van der Waals surface area contributed by atoms with Crippen molar-refractivity contribution in [1.29, 1.82) is 0 Å². The highest BCUT2D eigenvalue weighted by atomic mass is 16.6. The molecular weight excluding hydrogens is 226 g/mol. The van der Waals surface area contributed by atoms with Crippen LogP contribution < -0.4 is 4.74 Å². The van der Waals surface area contributed by atoms with Crippen molar-refractivity contribution >= 4 is 17.7 Å². The predicted octanol–water partition coefficient (Wildman–Crippen LogP) is 1.79. The standard InChI is InChI=1S/C11H11NO5/c1-16-10-5-4-9(12(14)15)7-8(10)3-6-11(13)17-2/h3-7H,1-2H3/b6-3+. The fraction of sp³-hybridized carbons (Fsp3) is 0.182. The molecule has 1 aromatic carbocycles. The summed E-state index contributed by atoms with van der Waals surface area (Å²) in [6.07, 6.45) is 2.57. The van der Waals surface area contributed by atoms with Crippen molar-refractivity contribution in [3.63, 3.8) is 0 Å². The highest BCUT2D eigenvalue weighted by Gasteiger charge is 2.09. The third kappa shape index (κ3) is 3.30. The molecule has 0 atom stereocenters. The van der Waals surface area contributed by atoms with E-state index in [1.165, 1.54) is 44.6 Å². The number of ether oxygens (including phenoxy) is 2. The van der Waals surface area contributed by atoms with Gasteiger partial charge in [-0.05, 0) is 12.1 Å². The number of non-ortho nitro benzene ring substituents is 1. The molecule has 0 bridgehead atoms. The Hall–Kier alpha value is -2.37. The van der Waals surface area contributed by atoms with E-state index >= 15 is 0 Å². The van der Waals surface area contributed by atoms with E-state index in [0.29, 0.717) is 11.3 Å². The first-order chi connectivity index (χ1) is 8.08. The van der Waals surface area contributed by atoms with E-state index in [-0.39, 0.29) is 5.69 Å². The SMILES string of the molecule is COC(=O)/C=C/c1cc([N+](=O)[O-])ccc1OC. The minimum Gasteiger partial charge on any atom is -0.496 e. The molecule has 17 heavy (non-hydrogen) atoms. The molecule has 0 aliphatic rings. The van der Waals surface area contributed by atoms with Crippen LogP contribution in [0.3, 0.4) is 0 Å². The Labute approximate surface area is 97.6 Å². The van der Waals surface area contributed by atoms with Crippen LogP contribution in [0.2, 0.25) is 0 Å². The molecule has 0 spiro atoms. The molecule has 1 aromatic rings. The van der Waals surface area contributed by atoms with Crippen LogP contribution in [0.1, 0.15) is 5.56 Å². The van der Waals surface area contributed by atoms with E-state index < -0.39 is 10.9 Å². The summed E-state index contributed by atoms with van der Waals surface area (Å²) in [5.74, 6) is -0.102.